The van der Waals surface area contributed by atoms with Gasteiger partial charge in [-0.25, -0.2) is 4.99 Å². The van der Waals surface area contributed by atoms with E-state index in [1.165, 1.54) is 11.8 Å². The number of amides is 1. The Kier molecular flexibility index (Phi) is 4.99. The first kappa shape index (κ1) is 17.1. The lowest BCUT2D eigenvalue weighted by Crippen LogP contribution is -2.19. The molecular formula is C18H14Cl2N2OS. The molecule has 1 aliphatic rings. The van der Waals surface area contributed by atoms with Crippen LogP contribution in [-0.4, -0.2) is 11.1 Å². The lowest BCUT2D eigenvalue weighted by Gasteiger charge is -2.04. The van der Waals surface area contributed by atoms with Gasteiger partial charge in [-0.2, -0.15) is 0 Å². The molecule has 1 aliphatic heterocycles. The molecule has 1 N–H and O–H groups in total. The van der Waals surface area contributed by atoms with Crippen molar-refractivity contribution in [2.75, 3.05) is 0 Å². The number of amidine groups is 1. The number of nitrogens with one attached hydrogen (secondary N) is 1. The minimum atomic E-state index is -0.170. The molecule has 0 atom stereocenters. The topological polar surface area (TPSA) is 41.5 Å². The van der Waals surface area contributed by atoms with Crippen LogP contribution in [-0.2, 0) is 4.79 Å². The van der Waals surface area contributed by atoms with Gasteiger partial charge in [-0.3, -0.25) is 4.79 Å². The molecule has 122 valence electrons. The molecule has 1 fully saturated rings. The summed E-state index contributed by atoms with van der Waals surface area (Å²) in [5.41, 5.74) is 3.84. The third-order valence-electron chi connectivity index (χ3n) is 3.55. The van der Waals surface area contributed by atoms with E-state index in [0.29, 0.717) is 20.1 Å². The first-order chi connectivity index (χ1) is 11.4. The SMILES string of the molecule is Cc1cccc(C)c1N=C1NC(=O)/C(=C\c2ccc(Cl)c(Cl)c2)S1. The molecule has 0 unspecified atom stereocenters. The lowest BCUT2D eigenvalue weighted by molar-refractivity contribution is -0.115. The van der Waals surface area contributed by atoms with E-state index in [2.05, 4.69) is 10.3 Å². The summed E-state index contributed by atoms with van der Waals surface area (Å²) in [6.07, 6.45) is 1.77. The van der Waals surface area contributed by atoms with Crippen LogP contribution in [0.1, 0.15) is 16.7 Å². The molecule has 0 aromatic heterocycles. The van der Waals surface area contributed by atoms with Crippen molar-refractivity contribution < 1.29 is 4.79 Å². The van der Waals surface area contributed by atoms with Crippen molar-refractivity contribution in [3.8, 4) is 0 Å². The van der Waals surface area contributed by atoms with Gasteiger partial charge in [0.15, 0.2) is 5.17 Å². The second-order valence-electron chi connectivity index (χ2n) is 5.40. The fourth-order valence-electron chi connectivity index (χ4n) is 2.32. The van der Waals surface area contributed by atoms with E-state index in [-0.39, 0.29) is 5.91 Å². The van der Waals surface area contributed by atoms with Crippen molar-refractivity contribution in [1.82, 2.24) is 5.32 Å². The number of nitrogens with zero attached hydrogens (tertiary/aromatic N) is 1. The van der Waals surface area contributed by atoms with Gasteiger partial charge in [0.25, 0.3) is 5.91 Å². The normalized spacial score (nSPS) is 17.6. The number of carbonyl (C=O) groups excluding carboxylic acids is 1. The molecule has 2 aromatic rings. The van der Waals surface area contributed by atoms with E-state index in [9.17, 15) is 4.79 Å². The average molecular weight is 377 g/mol. The number of halogens is 2. The standard InChI is InChI=1S/C18H14Cl2N2OS/c1-10-4-3-5-11(2)16(10)21-18-22-17(23)15(24-18)9-12-6-7-13(19)14(20)8-12/h3-9H,1-2H3,(H,21,22,23)/b15-9+. The Balaban J connectivity index is 1.89. The molecule has 0 aliphatic carbocycles. The number of para-hydroxylation sites is 1. The van der Waals surface area contributed by atoms with Crippen molar-refractivity contribution in [3.05, 3.63) is 68.0 Å². The molecule has 0 spiro atoms. The summed E-state index contributed by atoms with van der Waals surface area (Å²) >= 11 is 13.2. The number of aryl methyl sites for hydroxylation is 2. The molecule has 1 saturated heterocycles. The number of hydrogen-bond donors (Lipinski definition) is 1. The van der Waals surface area contributed by atoms with Gasteiger partial charge < -0.3 is 5.32 Å². The monoisotopic (exact) mass is 376 g/mol. The number of thioether (sulfide) groups is 1. The minimum absolute atomic E-state index is 0.170. The molecular weight excluding hydrogens is 363 g/mol. The van der Waals surface area contributed by atoms with Gasteiger partial charge >= 0.3 is 0 Å². The highest BCUT2D eigenvalue weighted by atomic mass is 35.5. The largest absolute Gasteiger partial charge is 0.300 e. The molecule has 6 heteroatoms. The van der Waals surface area contributed by atoms with Crippen LogP contribution in [0.15, 0.2) is 46.3 Å². The maximum atomic E-state index is 12.2. The van der Waals surface area contributed by atoms with Crippen molar-refractivity contribution in [3.63, 3.8) is 0 Å². The highest BCUT2D eigenvalue weighted by molar-refractivity contribution is 8.18. The fourth-order valence-corrected chi connectivity index (χ4v) is 3.45. The van der Waals surface area contributed by atoms with E-state index in [1.807, 2.05) is 38.1 Å². The number of benzene rings is 2. The van der Waals surface area contributed by atoms with Crippen molar-refractivity contribution in [2.45, 2.75) is 13.8 Å². The fraction of sp³-hybridized carbons (Fsp3) is 0.111. The van der Waals surface area contributed by atoms with Gasteiger partial charge in [-0.1, -0.05) is 47.5 Å². The maximum absolute atomic E-state index is 12.2. The summed E-state index contributed by atoms with van der Waals surface area (Å²) in [7, 11) is 0. The van der Waals surface area contributed by atoms with Gasteiger partial charge in [0.1, 0.15) is 0 Å². The number of hydrogen-bond acceptors (Lipinski definition) is 3. The van der Waals surface area contributed by atoms with Gasteiger partial charge in [0.05, 0.1) is 20.6 Å². The predicted molar refractivity (Wildman–Crippen MR) is 103 cm³/mol. The third-order valence-corrected chi connectivity index (χ3v) is 5.19. The van der Waals surface area contributed by atoms with Crippen LogP contribution in [0.2, 0.25) is 10.0 Å². The summed E-state index contributed by atoms with van der Waals surface area (Å²) in [5.74, 6) is -0.170. The molecule has 0 bridgehead atoms. The summed E-state index contributed by atoms with van der Waals surface area (Å²) < 4.78 is 0. The highest BCUT2D eigenvalue weighted by Gasteiger charge is 2.24. The molecule has 2 aromatic carbocycles. The van der Waals surface area contributed by atoms with E-state index < -0.39 is 0 Å². The first-order valence-corrected chi connectivity index (χ1v) is 8.82. The zero-order valence-electron chi connectivity index (χ0n) is 13.1. The zero-order chi connectivity index (χ0) is 17.3. The predicted octanol–water partition coefficient (Wildman–Crippen LogP) is 5.50. The molecule has 0 radical (unpaired) electrons. The smallest absolute Gasteiger partial charge is 0.264 e. The van der Waals surface area contributed by atoms with Crippen LogP contribution in [0, 0.1) is 13.8 Å². The van der Waals surface area contributed by atoms with E-state index >= 15 is 0 Å². The van der Waals surface area contributed by atoms with Crippen LogP contribution in [0.25, 0.3) is 6.08 Å². The Morgan fingerprint density at radius 2 is 1.79 bits per heavy atom. The third kappa shape index (κ3) is 3.66. The Bertz CT molecular complexity index is 870. The van der Waals surface area contributed by atoms with Crippen LogP contribution < -0.4 is 5.32 Å². The van der Waals surface area contributed by atoms with E-state index in [0.717, 1.165) is 22.4 Å². The lowest BCUT2D eigenvalue weighted by atomic mass is 10.1. The van der Waals surface area contributed by atoms with E-state index in [4.69, 9.17) is 23.2 Å². The van der Waals surface area contributed by atoms with Crippen molar-refractivity contribution >= 4 is 57.8 Å². The van der Waals surface area contributed by atoms with Crippen LogP contribution in [0.4, 0.5) is 5.69 Å². The van der Waals surface area contributed by atoms with Gasteiger partial charge in [0, 0.05) is 0 Å². The number of rotatable bonds is 2. The zero-order valence-corrected chi connectivity index (χ0v) is 15.4. The van der Waals surface area contributed by atoms with Gasteiger partial charge in [0.2, 0.25) is 0 Å². The molecule has 1 amide bonds. The summed E-state index contributed by atoms with van der Waals surface area (Å²) in [6, 6.07) is 11.2. The second-order valence-corrected chi connectivity index (χ2v) is 7.24. The van der Waals surface area contributed by atoms with E-state index in [1.54, 1.807) is 18.2 Å². The minimum Gasteiger partial charge on any atom is -0.300 e. The Hall–Kier alpha value is -1.75. The number of carbonyl (C=O) groups is 1. The molecule has 24 heavy (non-hydrogen) atoms. The average Bonchev–Trinajstić information content (AvgIpc) is 2.87. The molecule has 1 heterocycles. The summed E-state index contributed by atoms with van der Waals surface area (Å²) in [4.78, 5) is 17.3. The van der Waals surface area contributed by atoms with Crippen molar-refractivity contribution in [1.29, 1.82) is 0 Å². The Labute approximate surface area is 154 Å². The maximum Gasteiger partial charge on any atom is 0.264 e. The summed E-state index contributed by atoms with van der Waals surface area (Å²) in [5, 5.41) is 4.32. The summed E-state index contributed by atoms with van der Waals surface area (Å²) in [6.45, 7) is 4.00. The van der Waals surface area contributed by atoms with Crippen molar-refractivity contribution in [2.24, 2.45) is 4.99 Å². The van der Waals surface area contributed by atoms with Crippen LogP contribution in [0.3, 0.4) is 0 Å². The second kappa shape index (κ2) is 7.01. The number of aliphatic imine (C=N–C) groups is 1. The Morgan fingerprint density at radius 1 is 1.08 bits per heavy atom. The van der Waals surface area contributed by atoms with Gasteiger partial charge in [-0.15, -0.1) is 0 Å². The van der Waals surface area contributed by atoms with Crippen LogP contribution in [0.5, 0.6) is 0 Å². The molecule has 3 nitrogen and oxygen atoms in total. The van der Waals surface area contributed by atoms with Gasteiger partial charge in [-0.05, 0) is 60.5 Å². The molecule has 0 saturated carbocycles. The highest BCUT2D eigenvalue weighted by Crippen LogP contribution is 2.31. The quantitative estimate of drug-likeness (QED) is 0.702. The Morgan fingerprint density at radius 3 is 2.46 bits per heavy atom. The van der Waals surface area contributed by atoms with Crippen LogP contribution >= 0.6 is 35.0 Å². The first-order valence-electron chi connectivity index (χ1n) is 7.25. The molecule has 3 rings (SSSR count).